The molecule has 0 fully saturated rings. The highest BCUT2D eigenvalue weighted by molar-refractivity contribution is 6.34. The van der Waals surface area contributed by atoms with E-state index in [1.54, 1.807) is 25.3 Å². The Kier molecular flexibility index (Phi) is 5.98. The van der Waals surface area contributed by atoms with Crippen molar-refractivity contribution in [1.82, 2.24) is 0 Å². The minimum Gasteiger partial charge on any atom is -0.497 e. The Balaban J connectivity index is 2.08. The zero-order chi connectivity index (χ0) is 17.5. The molecule has 0 saturated carbocycles. The largest absolute Gasteiger partial charge is 0.497 e. The fourth-order valence-corrected chi connectivity index (χ4v) is 2.09. The number of ether oxygens (including phenoxy) is 2. The highest BCUT2D eigenvalue weighted by atomic mass is 35.5. The van der Waals surface area contributed by atoms with Crippen molar-refractivity contribution in [3.8, 4) is 5.75 Å². The smallest absolute Gasteiger partial charge is 0.337 e. The van der Waals surface area contributed by atoms with Gasteiger partial charge in [-0.1, -0.05) is 23.7 Å². The maximum Gasteiger partial charge on any atom is 0.337 e. The number of amides is 1. The summed E-state index contributed by atoms with van der Waals surface area (Å²) in [7, 11) is 2.87. The molecule has 124 valence electrons. The Hall–Kier alpha value is -2.79. The molecule has 0 unspecified atom stereocenters. The molecule has 2 rings (SSSR count). The number of hydrogen-bond donors (Lipinski definition) is 1. The van der Waals surface area contributed by atoms with E-state index in [2.05, 4.69) is 10.1 Å². The van der Waals surface area contributed by atoms with E-state index in [-0.39, 0.29) is 5.91 Å². The Labute approximate surface area is 144 Å². The number of methoxy groups -OCH3 is 2. The molecule has 1 N–H and O–H groups in total. The van der Waals surface area contributed by atoms with Crippen LogP contribution in [0.25, 0.3) is 6.08 Å². The summed E-state index contributed by atoms with van der Waals surface area (Å²) in [6, 6.07) is 11.8. The fourth-order valence-electron chi connectivity index (χ4n) is 1.93. The number of hydrogen-bond acceptors (Lipinski definition) is 4. The summed E-state index contributed by atoms with van der Waals surface area (Å²) < 4.78 is 9.71. The Bertz CT molecular complexity index is 769. The van der Waals surface area contributed by atoms with Crippen LogP contribution in [0.4, 0.5) is 5.69 Å². The zero-order valence-corrected chi connectivity index (χ0v) is 14.0. The molecule has 0 radical (unpaired) electrons. The average Bonchev–Trinajstić information content (AvgIpc) is 2.61. The molecular weight excluding hydrogens is 330 g/mol. The van der Waals surface area contributed by atoms with E-state index >= 15 is 0 Å². The second-order valence-electron chi connectivity index (χ2n) is 4.78. The van der Waals surface area contributed by atoms with Crippen molar-refractivity contribution in [2.75, 3.05) is 19.5 Å². The van der Waals surface area contributed by atoms with Gasteiger partial charge >= 0.3 is 5.97 Å². The Morgan fingerprint density at radius 3 is 2.42 bits per heavy atom. The van der Waals surface area contributed by atoms with Crippen molar-refractivity contribution in [2.45, 2.75) is 0 Å². The molecule has 1 amide bonds. The minimum absolute atomic E-state index is 0.302. The first-order valence-corrected chi connectivity index (χ1v) is 7.42. The highest BCUT2D eigenvalue weighted by Gasteiger charge is 2.10. The molecule has 0 aromatic heterocycles. The van der Waals surface area contributed by atoms with Gasteiger partial charge in [-0.25, -0.2) is 4.79 Å². The van der Waals surface area contributed by atoms with E-state index in [0.29, 0.717) is 16.3 Å². The van der Waals surface area contributed by atoms with Gasteiger partial charge in [0.15, 0.2) is 0 Å². The van der Waals surface area contributed by atoms with Crippen LogP contribution in [0.15, 0.2) is 48.5 Å². The lowest BCUT2D eigenvalue weighted by Crippen LogP contribution is -2.09. The third kappa shape index (κ3) is 4.60. The molecule has 2 aromatic rings. The molecule has 0 bridgehead atoms. The van der Waals surface area contributed by atoms with Gasteiger partial charge in [0.05, 0.1) is 30.5 Å². The third-order valence-electron chi connectivity index (χ3n) is 3.19. The number of carbonyl (C=O) groups excluding carboxylic acids is 2. The number of anilines is 1. The fraction of sp³-hybridized carbons (Fsp3) is 0.111. The summed E-state index contributed by atoms with van der Waals surface area (Å²) in [5, 5.41) is 2.96. The van der Waals surface area contributed by atoms with E-state index in [0.717, 1.165) is 11.3 Å². The van der Waals surface area contributed by atoms with Crippen molar-refractivity contribution < 1.29 is 19.1 Å². The molecule has 0 aliphatic carbocycles. The van der Waals surface area contributed by atoms with E-state index in [9.17, 15) is 9.59 Å². The maximum atomic E-state index is 12.0. The van der Waals surface area contributed by atoms with Crippen LogP contribution >= 0.6 is 11.6 Å². The second kappa shape index (κ2) is 8.17. The summed E-state index contributed by atoms with van der Waals surface area (Å²) in [6.07, 6.45) is 3.04. The quantitative estimate of drug-likeness (QED) is 0.661. The topological polar surface area (TPSA) is 64.6 Å². The molecular formula is C18H16ClNO4. The Morgan fingerprint density at radius 1 is 1.08 bits per heavy atom. The monoisotopic (exact) mass is 345 g/mol. The summed E-state index contributed by atoms with van der Waals surface area (Å²) >= 11 is 6.03. The van der Waals surface area contributed by atoms with E-state index in [4.69, 9.17) is 16.3 Å². The molecule has 24 heavy (non-hydrogen) atoms. The van der Waals surface area contributed by atoms with Crippen LogP contribution in [0.1, 0.15) is 15.9 Å². The number of rotatable bonds is 5. The van der Waals surface area contributed by atoms with E-state index in [1.807, 2.05) is 12.1 Å². The van der Waals surface area contributed by atoms with E-state index < -0.39 is 5.97 Å². The molecule has 0 aliphatic heterocycles. The van der Waals surface area contributed by atoms with Gasteiger partial charge in [-0.3, -0.25) is 4.79 Å². The molecule has 6 heteroatoms. The summed E-state index contributed by atoms with van der Waals surface area (Å²) in [4.78, 5) is 23.5. The van der Waals surface area contributed by atoms with Crippen molar-refractivity contribution in [1.29, 1.82) is 0 Å². The summed E-state index contributed by atoms with van der Waals surface area (Å²) in [5.41, 5.74) is 1.49. The first-order chi connectivity index (χ1) is 11.5. The van der Waals surface area contributed by atoms with Crippen molar-refractivity contribution in [3.05, 3.63) is 64.7 Å². The maximum absolute atomic E-state index is 12.0. The van der Waals surface area contributed by atoms with Crippen LogP contribution in [0, 0.1) is 0 Å². The lowest BCUT2D eigenvalue weighted by atomic mass is 10.2. The molecule has 0 aliphatic rings. The van der Waals surface area contributed by atoms with Gasteiger partial charge in [0.1, 0.15) is 5.75 Å². The second-order valence-corrected chi connectivity index (χ2v) is 5.19. The SMILES string of the molecule is COC(=O)c1ccc(Cl)c(NC(=O)/C=C/c2ccc(OC)cc2)c1. The number of halogens is 1. The molecule has 5 nitrogen and oxygen atoms in total. The van der Waals surface area contributed by atoms with Gasteiger partial charge in [-0.05, 0) is 42.0 Å². The van der Waals surface area contributed by atoms with Gasteiger partial charge in [0.25, 0.3) is 0 Å². The van der Waals surface area contributed by atoms with Crippen molar-refractivity contribution in [3.63, 3.8) is 0 Å². The standard InChI is InChI=1S/C18H16ClNO4/c1-23-14-7-3-12(4-8-14)5-10-17(21)20-16-11-13(18(22)24-2)6-9-15(16)19/h3-11H,1-2H3,(H,20,21)/b10-5+. The predicted molar refractivity (Wildman–Crippen MR) is 93.4 cm³/mol. The third-order valence-corrected chi connectivity index (χ3v) is 3.52. The first kappa shape index (κ1) is 17.6. The van der Waals surface area contributed by atoms with Crippen LogP contribution in [0.2, 0.25) is 5.02 Å². The minimum atomic E-state index is -0.504. The lowest BCUT2D eigenvalue weighted by molar-refractivity contribution is -0.111. The van der Waals surface area contributed by atoms with Gasteiger partial charge in [-0.2, -0.15) is 0 Å². The predicted octanol–water partition coefficient (Wildman–Crippen LogP) is 3.79. The zero-order valence-electron chi connectivity index (χ0n) is 13.2. The van der Waals surface area contributed by atoms with Crippen LogP contribution in [0.3, 0.4) is 0 Å². The normalized spacial score (nSPS) is 10.5. The number of esters is 1. The lowest BCUT2D eigenvalue weighted by Gasteiger charge is -2.07. The average molecular weight is 346 g/mol. The number of nitrogens with one attached hydrogen (secondary N) is 1. The molecule has 0 heterocycles. The Morgan fingerprint density at radius 2 is 1.79 bits per heavy atom. The number of carbonyl (C=O) groups is 2. The first-order valence-electron chi connectivity index (χ1n) is 7.04. The van der Waals surface area contributed by atoms with E-state index in [1.165, 1.54) is 31.4 Å². The highest BCUT2D eigenvalue weighted by Crippen LogP contribution is 2.23. The van der Waals surface area contributed by atoms with Gasteiger partial charge in [-0.15, -0.1) is 0 Å². The van der Waals surface area contributed by atoms with Crippen LogP contribution < -0.4 is 10.1 Å². The van der Waals surface area contributed by atoms with Crippen LogP contribution in [-0.2, 0) is 9.53 Å². The summed E-state index contributed by atoms with van der Waals surface area (Å²) in [6.45, 7) is 0. The molecule has 0 atom stereocenters. The van der Waals surface area contributed by atoms with Gasteiger partial charge in [0.2, 0.25) is 5.91 Å². The van der Waals surface area contributed by atoms with Gasteiger partial charge < -0.3 is 14.8 Å². The summed E-state index contributed by atoms with van der Waals surface area (Å²) in [5.74, 6) is -0.131. The molecule has 0 saturated heterocycles. The van der Waals surface area contributed by atoms with Crippen LogP contribution in [0.5, 0.6) is 5.75 Å². The van der Waals surface area contributed by atoms with Crippen LogP contribution in [-0.4, -0.2) is 26.1 Å². The van der Waals surface area contributed by atoms with Crippen molar-refractivity contribution >= 4 is 35.2 Å². The van der Waals surface area contributed by atoms with Gasteiger partial charge in [0, 0.05) is 6.08 Å². The molecule has 2 aromatic carbocycles. The number of benzene rings is 2. The molecule has 0 spiro atoms. The van der Waals surface area contributed by atoms with Crippen molar-refractivity contribution in [2.24, 2.45) is 0 Å².